The SMILES string of the molecule is NC(N)=NN=C1[C@@H]2CC3C[C@H]1CC(O)(C3)C2. The van der Waals surface area contributed by atoms with E-state index < -0.39 is 5.60 Å². The minimum atomic E-state index is -0.423. The summed E-state index contributed by atoms with van der Waals surface area (Å²) in [6.07, 6.45) is 4.97. The van der Waals surface area contributed by atoms with Crippen molar-refractivity contribution < 1.29 is 5.11 Å². The number of rotatable bonds is 1. The summed E-state index contributed by atoms with van der Waals surface area (Å²) in [5.74, 6) is 1.50. The molecule has 5 heteroatoms. The minimum absolute atomic E-state index is 0.0139. The topological polar surface area (TPSA) is 97.0 Å². The van der Waals surface area contributed by atoms with E-state index in [1.165, 1.54) is 0 Å². The van der Waals surface area contributed by atoms with Gasteiger partial charge in [0.2, 0.25) is 5.96 Å². The highest BCUT2D eigenvalue weighted by Crippen LogP contribution is 2.54. The van der Waals surface area contributed by atoms with E-state index in [2.05, 4.69) is 10.2 Å². The van der Waals surface area contributed by atoms with Crippen molar-refractivity contribution in [3.05, 3.63) is 0 Å². The Kier molecular flexibility index (Phi) is 2.01. The van der Waals surface area contributed by atoms with E-state index in [0.717, 1.165) is 37.8 Å². The molecule has 0 aromatic carbocycles. The van der Waals surface area contributed by atoms with Crippen molar-refractivity contribution in [2.24, 2.45) is 39.4 Å². The predicted octanol–water partition coefficient (Wildman–Crippen LogP) is 0.187. The Morgan fingerprint density at radius 3 is 2.31 bits per heavy atom. The Balaban J connectivity index is 1.89. The molecular formula is C11H18N4O. The monoisotopic (exact) mass is 222 g/mol. The van der Waals surface area contributed by atoms with Gasteiger partial charge in [0.05, 0.1) is 5.60 Å². The highest BCUT2D eigenvalue weighted by Gasteiger charge is 2.53. The van der Waals surface area contributed by atoms with Crippen LogP contribution < -0.4 is 11.5 Å². The molecule has 0 aromatic heterocycles. The second kappa shape index (κ2) is 3.20. The molecule has 0 spiro atoms. The average Bonchev–Trinajstić information content (AvgIpc) is 2.13. The van der Waals surface area contributed by atoms with Crippen molar-refractivity contribution in [1.82, 2.24) is 0 Å². The van der Waals surface area contributed by atoms with Crippen LogP contribution in [0.4, 0.5) is 0 Å². The highest BCUT2D eigenvalue weighted by molar-refractivity contribution is 5.91. The summed E-state index contributed by atoms with van der Waals surface area (Å²) < 4.78 is 0. The Labute approximate surface area is 94.6 Å². The molecule has 0 amide bonds. The van der Waals surface area contributed by atoms with Crippen molar-refractivity contribution in [3.63, 3.8) is 0 Å². The van der Waals surface area contributed by atoms with Gasteiger partial charge in [-0.3, -0.25) is 0 Å². The van der Waals surface area contributed by atoms with Gasteiger partial charge in [-0.05, 0) is 38.0 Å². The first-order valence-electron chi connectivity index (χ1n) is 5.94. The van der Waals surface area contributed by atoms with Gasteiger partial charge in [0.15, 0.2) is 0 Å². The maximum absolute atomic E-state index is 10.4. The number of aliphatic hydroxyl groups is 1. The van der Waals surface area contributed by atoms with Crippen molar-refractivity contribution in [2.75, 3.05) is 0 Å². The van der Waals surface area contributed by atoms with E-state index in [9.17, 15) is 5.11 Å². The standard InChI is InChI=1S/C11H18N4O/c12-10(13)15-14-9-7-1-6-2-8(9)5-11(16,3-6)4-7/h6-8,16H,1-5H2,(H4,12,13,15)/t6?,7-,8+,11?. The molecule has 5 N–H and O–H groups in total. The molecular weight excluding hydrogens is 204 g/mol. The van der Waals surface area contributed by atoms with Crippen LogP contribution in [0.5, 0.6) is 0 Å². The smallest absolute Gasteiger partial charge is 0.211 e. The predicted molar refractivity (Wildman–Crippen MR) is 61.7 cm³/mol. The second-order valence-electron chi connectivity index (χ2n) is 5.62. The van der Waals surface area contributed by atoms with Gasteiger partial charge in [0.1, 0.15) is 0 Å². The summed E-state index contributed by atoms with van der Waals surface area (Å²) in [6.45, 7) is 0. The highest BCUT2D eigenvalue weighted by atomic mass is 16.3. The molecule has 0 aliphatic heterocycles. The molecule has 16 heavy (non-hydrogen) atoms. The molecule has 0 saturated heterocycles. The van der Waals surface area contributed by atoms with E-state index in [0.29, 0.717) is 17.8 Å². The van der Waals surface area contributed by atoms with Gasteiger partial charge in [0.25, 0.3) is 0 Å². The molecule has 4 aliphatic rings. The fourth-order valence-corrected chi connectivity index (χ4v) is 4.00. The summed E-state index contributed by atoms with van der Waals surface area (Å²) in [6, 6.07) is 0. The first-order valence-corrected chi connectivity index (χ1v) is 5.94. The summed E-state index contributed by atoms with van der Waals surface area (Å²) in [4.78, 5) is 0. The van der Waals surface area contributed by atoms with Crippen molar-refractivity contribution in [1.29, 1.82) is 0 Å². The van der Waals surface area contributed by atoms with Crippen LogP contribution in [0.2, 0.25) is 0 Å². The molecule has 4 atom stereocenters. The molecule has 4 fully saturated rings. The summed E-state index contributed by atoms with van der Waals surface area (Å²) in [7, 11) is 0. The van der Waals surface area contributed by atoms with E-state index in [-0.39, 0.29) is 5.96 Å². The first kappa shape index (κ1) is 10.1. The Morgan fingerprint density at radius 2 is 1.81 bits per heavy atom. The zero-order valence-corrected chi connectivity index (χ0v) is 9.26. The lowest BCUT2D eigenvalue weighted by Crippen LogP contribution is -2.55. The molecule has 4 bridgehead atoms. The lowest BCUT2D eigenvalue weighted by Gasteiger charge is -2.54. The Bertz CT molecular complexity index is 354. The maximum atomic E-state index is 10.4. The van der Waals surface area contributed by atoms with Gasteiger partial charge in [-0.1, -0.05) is 0 Å². The molecule has 4 rings (SSSR count). The van der Waals surface area contributed by atoms with Crippen molar-refractivity contribution in [3.8, 4) is 0 Å². The zero-order chi connectivity index (χ0) is 11.3. The van der Waals surface area contributed by atoms with Gasteiger partial charge < -0.3 is 16.6 Å². The number of guanidine groups is 1. The summed E-state index contributed by atoms with van der Waals surface area (Å²) >= 11 is 0. The minimum Gasteiger partial charge on any atom is -0.390 e. The first-order chi connectivity index (χ1) is 7.56. The normalized spacial score (nSPS) is 47.3. The lowest BCUT2D eigenvalue weighted by molar-refractivity contribution is -0.0825. The Hall–Kier alpha value is -1.10. The summed E-state index contributed by atoms with van der Waals surface area (Å²) in [5.41, 5.74) is 11.3. The number of hydrogen-bond acceptors (Lipinski definition) is 3. The number of nitrogens with two attached hydrogens (primary N) is 2. The molecule has 88 valence electrons. The van der Waals surface area contributed by atoms with Crippen LogP contribution in [0.25, 0.3) is 0 Å². The van der Waals surface area contributed by atoms with Crippen LogP contribution in [0.3, 0.4) is 0 Å². The average molecular weight is 222 g/mol. The van der Waals surface area contributed by atoms with Crippen molar-refractivity contribution in [2.45, 2.75) is 37.7 Å². The number of hydrogen-bond donors (Lipinski definition) is 3. The van der Waals surface area contributed by atoms with Crippen molar-refractivity contribution >= 4 is 11.7 Å². The van der Waals surface area contributed by atoms with Crippen LogP contribution in [-0.4, -0.2) is 22.4 Å². The van der Waals surface area contributed by atoms with Gasteiger partial charge >= 0.3 is 0 Å². The largest absolute Gasteiger partial charge is 0.390 e. The van der Waals surface area contributed by atoms with Crippen LogP contribution in [0.15, 0.2) is 10.2 Å². The number of nitrogens with zero attached hydrogens (tertiary/aromatic N) is 2. The fraction of sp³-hybridized carbons (Fsp3) is 0.818. The van der Waals surface area contributed by atoms with E-state index >= 15 is 0 Å². The summed E-state index contributed by atoms with van der Waals surface area (Å²) in [5, 5.41) is 18.3. The quantitative estimate of drug-likeness (QED) is 0.335. The van der Waals surface area contributed by atoms with Gasteiger partial charge in [-0.2, -0.15) is 5.10 Å². The van der Waals surface area contributed by atoms with Gasteiger partial charge in [-0.15, -0.1) is 5.10 Å². The lowest BCUT2D eigenvalue weighted by atomic mass is 9.53. The third kappa shape index (κ3) is 1.50. The molecule has 0 aromatic rings. The maximum Gasteiger partial charge on any atom is 0.211 e. The van der Waals surface area contributed by atoms with Gasteiger partial charge in [-0.25, -0.2) is 0 Å². The van der Waals surface area contributed by atoms with Crippen LogP contribution in [0.1, 0.15) is 32.1 Å². The molecule has 2 unspecified atom stereocenters. The third-order valence-corrected chi connectivity index (χ3v) is 4.27. The van der Waals surface area contributed by atoms with Crippen LogP contribution >= 0.6 is 0 Å². The molecule has 4 aliphatic carbocycles. The van der Waals surface area contributed by atoms with Crippen LogP contribution in [-0.2, 0) is 0 Å². The zero-order valence-electron chi connectivity index (χ0n) is 9.26. The van der Waals surface area contributed by atoms with E-state index in [4.69, 9.17) is 11.5 Å². The van der Waals surface area contributed by atoms with Gasteiger partial charge in [0, 0.05) is 17.5 Å². The Morgan fingerprint density at radius 1 is 1.19 bits per heavy atom. The van der Waals surface area contributed by atoms with E-state index in [1.807, 2.05) is 0 Å². The fourth-order valence-electron chi connectivity index (χ4n) is 4.00. The molecule has 0 heterocycles. The van der Waals surface area contributed by atoms with E-state index in [1.54, 1.807) is 0 Å². The molecule has 5 nitrogen and oxygen atoms in total. The molecule has 0 radical (unpaired) electrons. The van der Waals surface area contributed by atoms with Crippen LogP contribution in [0, 0.1) is 17.8 Å². The third-order valence-electron chi connectivity index (χ3n) is 4.27. The molecule has 4 saturated carbocycles. The second-order valence-corrected chi connectivity index (χ2v) is 5.62.